The van der Waals surface area contributed by atoms with Crippen LogP contribution in [0.5, 0.6) is 5.75 Å². The van der Waals surface area contributed by atoms with Crippen molar-refractivity contribution in [2.45, 2.75) is 26.2 Å². The maximum atomic E-state index is 12.3. The number of amides is 1. The van der Waals surface area contributed by atoms with Crippen molar-refractivity contribution in [2.75, 3.05) is 23.8 Å². The molecule has 104 valence electrons. The smallest absolute Gasteiger partial charge is 0.230 e. The van der Waals surface area contributed by atoms with E-state index in [2.05, 4.69) is 19.6 Å². The van der Waals surface area contributed by atoms with Crippen molar-refractivity contribution in [1.82, 2.24) is 0 Å². The molecule has 0 saturated carbocycles. The minimum absolute atomic E-state index is 0.146. The highest BCUT2D eigenvalue weighted by Crippen LogP contribution is 2.32. The lowest BCUT2D eigenvalue weighted by Crippen LogP contribution is -2.35. The summed E-state index contributed by atoms with van der Waals surface area (Å²) in [4.78, 5) is 14.1. The van der Waals surface area contributed by atoms with Crippen molar-refractivity contribution < 1.29 is 9.53 Å². The molecule has 1 amide bonds. The van der Waals surface area contributed by atoms with Crippen LogP contribution in [-0.2, 0) is 4.79 Å². The number of carbonyl (C=O) groups excluding carboxylic acids is 1. The van der Waals surface area contributed by atoms with Gasteiger partial charge in [0.2, 0.25) is 5.91 Å². The predicted molar refractivity (Wildman–Crippen MR) is 81.2 cm³/mol. The van der Waals surface area contributed by atoms with Crippen molar-refractivity contribution in [3.8, 4) is 5.75 Å². The number of hydrogen-bond acceptors (Lipinski definition) is 3. The lowest BCUT2D eigenvalue weighted by molar-refractivity contribution is -0.118. The highest BCUT2D eigenvalue weighted by atomic mass is 32.1. The average molecular weight is 279 g/mol. The van der Waals surface area contributed by atoms with Gasteiger partial charge in [0.05, 0.1) is 18.7 Å². The van der Waals surface area contributed by atoms with E-state index in [1.54, 1.807) is 0 Å². The number of thiol groups is 1. The molecule has 2 rings (SSSR count). The SMILES string of the molecule is CCCC(CS)CN1C(=O)CCOc2ccccc21. The van der Waals surface area contributed by atoms with Crippen LogP contribution in [0.15, 0.2) is 24.3 Å². The van der Waals surface area contributed by atoms with Gasteiger partial charge in [-0.2, -0.15) is 12.6 Å². The molecule has 19 heavy (non-hydrogen) atoms. The maximum absolute atomic E-state index is 12.3. The molecule has 1 aliphatic rings. The van der Waals surface area contributed by atoms with Gasteiger partial charge in [0.25, 0.3) is 0 Å². The molecule has 0 spiro atoms. The number of anilines is 1. The Kier molecular flexibility index (Phi) is 5.14. The van der Waals surface area contributed by atoms with Crippen molar-refractivity contribution in [1.29, 1.82) is 0 Å². The molecule has 1 aliphatic heterocycles. The van der Waals surface area contributed by atoms with Gasteiger partial charge in [-0.3, -0.25) is 4.79 Å². The number of hydrogen-bond donors (Lipinski definition) is 1. The fourth-order valence-corrected chi connectivity index (χ4v) is 2.72. The number of carbonyl (C=O) groups is 1. The maximum Gasteiger partial charge on any atom is 0.230 e. The Bertz CT molecular complexity index is 436. The largest absolute Gasteiger partial charge is 0.491 e. The van der Waals surface area contributed by atoms with Gasteiger partial charge in [0.15, 0.2) is 0 Å². The molecular formula is C15H21NO2S. The molecule has 1 aromatic rings. The monoisotopic (exact) mass is 279 g/mol. The van der Waals surface area contributed by atoms with Crippen LogP contribution in [0.1, 0.15) is 26.2 Å². The van der Waals surface area contributed by atoms with Crippen LogP contribution in [0.2, 0.25) is 0 Å². The van der Waals surface area contributed by atoms with Gasteiger partial charge in [0.1, 0.15) is 5.75 Å². The van der Waals surface area contributed by atoms with Crippen molar-refractivity contribution in [3.63, 3.8) is 0 Å². The Morgan fingerprint density at radius 2 is 2.21 bits per heavy atom. The highest BCUT2D eigenvalue weighted by molar-refractivity contribution is 7.80. The second kappa shape index (κ2) is 6.85. The van der Waals surface area contributed by atoms with Crippen LogP contribution in [0.3, 0.4) is 0 Å². The summed E-state index contributed by atoms with van der Waals surface area (Å²) >= 11 is 4.41. The second-order valence-corrected chi connectivity index (χ2v) is 5.27. The van der Waals surface area contributed by atoms with E-state index in [1.807, 2.05) is 29.2 Å². The minimum atomic E-state index is 0.146. The zero-order valence-electron chi connectivity index (χ0n) is 11.3. The van der Waals surface area contributed by atoms with Crippen LogP contribution in [-0.4, -0.2) is 24.8 Å². The Morgan fingerprint density at radius 3 is 2.95 bits per heavy atom. The summed E-state index contributed by atoms with van der Waals surface area (Å²) in [7, 11) is 0. The van der Waals surface area contributed by atoms with Gasteiger partial charge in [0, 0.05) is 6.54 Å². The third kappa shape index (κ3) is 3.44. The van der Waals surface area contributed by atoms with Gasteiger partial charge >= 0.3 is 0 Å². The van der Waals surface area contributed by atoms with Crippen molar-refractivity contribution in [3.05, 3.63) is 24.3 Å². The molecule has 0 radical (unpaired) electrons. The van der Waals surface area contributed by atoms with E-state index in [4.69, 9.17) is 4.74 Å². The summed E-state index contributed by atoms with van der Waals surface area (Å²) in [6.07, 6.45) is 2.65. The first-order valence-electron chi connectivity index (χ1n) is 6.89. The molecule has 3 nitrogen and oxygen atoms in total. The van der Waals surface area contributed by atoms with Gasteiger partial charge < -0.3 is 9.64 Å². The lowest BCUT2D eigenvalue weighted by Gasteiger charge is -2.26. The van der Waals surface area contributed by atoms with Crippen molar-refractivity contribution >= 4 is 24.2 Å². The quantitative estimate of drug-likeness (QED) is 0.839. The van der Waals surface area contributed by atoms with Crippen LogP contribution in [0.4, 0.5) is 5.69 Å². The molecule has 0 aromatic heterocycles. The van der Waals surface area contributed by atoms with Crippen LogP contribution < -0.4 is 9.64 Å². The number of benzene rings is 1. The Balaban J connectivity index is 2.23. The van der Waals surface area contributed by atoms with Crippen LogP contribution in [0, 0.1) is 5.92 Å². The van der Waals surface area contributed by atoms with E-state index in [1.165, 1.54) is 0 Å². The minimum Gasteiger partial charge on any atom is -0.491 e. The van der Waals surface area contributed by atoms with E-state index < -0.39 is 0 Å². The summed E-state index contributed by atoms with van der Waals surface area (Å²) in [6.45, 7) is 3.36. The number of para-hydroxylation sites is 2. The van der Waals surface area contributed by atoms with Gasteiger partial charge in [-0.05, 0) is 30.2 Å². The second-order valence-electron chi connectivity index (χ2n) is 4.91. The average Bonchev–Trinajstić information content (AvgIpc) is 2.58. The van der Waals surface area contributed by atoms with E-state index in [0.29, 0.717) is 18.9 Å². The van der Waals surface area contributed by atoms with E-state index in [-0.39, 0.29) is 5.91 Å². The van der Waals surface area contributed by atoms with E-state index in [0.717, 1.165) is 36.6 Å². The van der Waals surface area contributed by atoms with Crippen LogP contribution >= 0.6 is 12.6 Å². The number of ether oxygens (including phenoxy) is 1. The normalized spacial score (nSPS) is 16.5. The summed E-state index contributed by atoms with van der Waals surface area (Å²) < 4.78 is 5.64. The van der Waals surface area contributed by atoms with Gasteiger partial charge in [-0.1, -0.05) is 25.5 Å². The summed E-state index contributed by atoms with van der Waals surface area (Å²) in [6, 6.07) is 7.77. The molecule has 0 saturated heterocycles. The zero-order chi connectivity index (χ0) is 13.7. The van der Waals surface area contributed by atoms with E-state index in [9.17, 15) is 4.79 Å². The molecule has 1 atom stereocenters. The summed E-state index contributed by atoms with van der Waals surface area (Å²) in [5.74, 6) is 2.19. The predicted octanol–water partition coefficient (Wildman–Crippen LogP) is 3.15. The molecule has 0 aliphatic carbocycles. The fraction of sp³-hybridized carbons (Fsp3) is 0.533. The van der Waals surface area contributed by atoms with E-state index >= 15 is 0 Å². The molecule has 0 fully saturated rings. The van der Waals surface area contributed by atoms with Crippen LogP contribution in [0.25, 0.3) is 0 Å². The molecule has 1 aromatic carbocycles. The summed E-state index contributed by atoms with van der Waals surface area (Å²) in [5.41, 5.74) is 0.896. The topological polar surface area (TPSA) is 29.5 Å². The van der Waals surface area contributed by atoms with Gasteiger partial charge in [-0.15, -0.1) is 0 Å². The molecule has 1 heterocycles. The first-order chi connectivity index (χ1) is 9.26. The molecular weight excluding hydrogens is 258 g/mol. The highest BCUT2D eigenvalue weighted by Gasteiger charge is 2.24. The zero-order valence-corrected chi connectivity index (χ0v) is 12.2. The Morgan fingerprint density at radius 1 is 1.42 bits per heavy atom. The Hall–Kier alpha value is -1.16. The Labute approximate surface area is 120 Å². The summed E-state index contributed by atoms with van der Waals surface area (Å²) in [5, 5.41) is 0. The molecule has 4 heteroatoms. The third-order valence-corrected chi connectivity index (χ3v) is 3.94. The molecule has 0 bridgehead atoms. The van der Waals surface area contributed by atoms with Gasteiger partial charge in [-0.25, -0.2) is 0 Å². The first-order valence-corrected chi connectivity index (χ1v) is 7.52. The number of rotatable bonds is 5. The van der Waals surface area contributed by atoms with Crippen molar-refractivity contribution in [2.24, 2.45) is 5.92 Å². The number of nitrogens with zero attached hydrogens (tertiary/aromatic N) is 1. The fourth-order valence-electron chi connectivity index (χ4n) is 2.43. The number of fused-ring (bicyclic) bond motifs is 1. The third-order valence-electron chi connectivity index (χ3n) is 3.43. The molecule has 1 unspecified atom stereocenters. The lowest BCUT2D eigenvalue weighted by atomic mass is 10.0. The standard InChI is InChI=1S/C15H21NO2S/c1-2-5-12(11-19)10-16-13-6-3-4-7-14(13)18-9-8-15(16)17/h3-4,6-7,12,19H,2,5,8-11H2,1H3. The first kappa shape index (κ1) is 14.3. The molecule has 0 N–H and O–H groups in total.